The predicted molar refractivity (Wildman–Crippen MR) is 106 cm³/mol. The molecule has 2 aromatic carbocycles. The molecule has 1 aliphatic carbocycles. The molecule has 1 saturated carbocycles. The van der Waals surface area contributed by atoms with Crippen molar-refractivity contribution in [2.45, 2.75) is 25.3 Å². The van der Waals surface area contributed by atoms with Crippen LogP contribution in [0.1, 0.15) is 30.0 Å². The first-order valence-corrected chi connectivity index (χ1v) is 9.85. The summed E-state index contributed by atoms with van der Waals surface area (Å²) in [6.07, 6.45) is 4.33. The monoisotopic (exact) mass is 420 g/mol. The Morgan fingerprint density at radius 3 is 2.54 bits per heavy atom. The zero-order valence-corrected chi connectivity index (χ0v) is 16.4. The molecule has 0 aromatic heterocycles. The van der Waals surface area contributed by atoms with Crippen molar-refractivity contribution in [3.8, 4) is 11.5 Å². The van der Waals surface area contributed by atoms with Gasteiger partial charge in [0.15, 0.2) is 5.75 Å². The number of aldehydes is 1. The number of rotatable bonds is 6. The Labute approximate surface area is 172 Å². The SMILES string of the molecule is O=CC1c2ccc(Oc3c(Cl)cc([N+](=O)[O-])cc3Cl)cc2CCN1CC1CC1. The summed E-state index contributed by atoms with van der Waals surface area (Å²) in [5.41, 5.74) is 1.85. The predicted octanol–water partition coefficient (Wildman–Crippen LogP) is 5.20. The number of nitro benzene ring substituents is 1. The Kier molecular flexibility index (Phi) is 5.27. The number of nitro groups is 1. The van der Waals surface area contributed by atoms with Gasteiger partial charge in [-0.25, -0.2) is 0 Å². The normalized spacial score (nSPS) is 19.1. The minimum Gasteiger partial charge on any atom is -0.454 e. The molecule has 2 aliphatic rings. The fraction of sp³-hybridized carbons (Fsp3) is 0.350. The first-order chi connectivity index (χ1) is 13.5. The van der Waals surface area contributed by atoms with E-state index < -0.39 is 4.92 Å². The van der Waals surface area contributed by atoms with E-state index in [0.29, 0.717) is 5.75 Å². The molecule has 0 saturated heterocycles. The van der Waals surface area contributed by atoms with E-state index in [-0.39, 0.29) is 27.5 Å². The number of benzene rings is 2. The lowest BCUT2D eigenvalue weighted by atomic mass is 9.93. The van der Waals surface area contributed by atoms with Gasteiger partial charge in [0.2, 0.25) is 0 Å². The molecule has 1 atom stereocenters. The van der Waals surface area contributed by atoms with Crippen molar-refractivity contribution < 1.29 is 14.5 Å². The summed E-state index contributed by atoms with van der Waals surface area (Å²) in [5.74, 6) is 1.42. The molecule has 1 unspecified atom stereocenters. The Morgan fingerprint density at radius 1 is 1.21 bits per heavy atom. The largest absolute Gasteiger partial charge is 0.454 e. The molecular formula is C20H18Cl2N2O4. The van der Waals surface area contributed by atoms with Gasteiger partial charge in [-0.15, -0.1) is 0 Å². The third-order valence-electron chi connectivity index (χ3n) is 5.23. The van der Waals surface area contributed by atoms with Crippen LogP contribution in [-0.2, 0) is 11.2 Å². The van der Waals surface area contributed by atoms with Gasteiger partial charge in [0.05, 0.1) is 21.0 Å². The molecule has 4 rings (SSSR count). The van der Waals surface area contributed by atoms with Crippen LogP contribution in [0.25, 0.3) is 0 Å². The minimum absolute atomic E-state index is 0.0679. The Morgan fingerprint density at radius 2 is 1.93 bits per heavy atom. The molecule has 0 bridgehead atoms. The Bertz CT molecular complexity index is 923. The molecule has 2 aromatic rings. The summed E-state index contributed by atoms with van der Waals surface area (Å²) in [6.45, 7) is 1.80. The number of fused-ring (bicyclic) bond motifs is 1. The van der Waals surface area contributed by atoms with Crippen LogP contribution in [0.3, 0.4) is 0 Å². The van der Waals surface area contributed by atoms with Crippen LogP contribution in [0.15, 0.2) is 30.3 Å². The first kappa shape index (κ1) is 19.2. The van der Waals surface area contributed by atoms with Gasteiger partial charge in [-0.05, 0) is 48.4 Å². The van der Waals surface area contributed by atoms with E-state index in [1.807, 2.05) is 12.1 Å². The van der Waals surface area contributed by atoms with Crippen LogP contribution in [0.4, 0.5) is 5.69 Å². The highest BCUT2D eigenvalue weighted by molar-refractivity contribution is 6.37. The second-order valence-corrected chi connectivity index (χ2v) is 8.04. The number of halogens is 2. The summed E-state index contributed by atoms with van der Waals surface area (Å²) < 4.78 is 5.82. The molecule has 1 fully saturated rings. The number of non-ortho nitro benzene ring substituents is 1. The third kappa shape index (κ3) is 3.85. The van der Waals surface area contributed by atoms with Gasteiger partial charge in [-0.3, -0.25) is 15.0 Å². The van der Waals surface area contributed by atoms with Crippen LogP contribution in [0.2, 0.25) is 10.0 Å². The Hall–Kier alpha value is -2.15. The van der Waals surface area contributed by atoms with Gasteiger partial charge >= 0.3 is 0 Å². The average Bonchev–Trinajstić information content (AvgIpc) is 3.48. The molecule has 0 N–H and O–H groups in total. The van der Waals surface area contributed by atoms with Crippen LogP contribution in [0.5, 0.6) is 11.5 Å². The number of ether oxygens (including phenoxy) is 1. The summed E-state index contributed by atoms with van der Waals surface area (Å²) in [6, 6.07) is 7.73. The second-order valence-electron chi connectivity index (χ2n) is 7.23. The van der Waals surface area contributed by atoms with Crippen LogP contribution >= 0.6 is 23.2 Å². The van der Waals surface area contributed by atoms with Crippen molar-refractivity contribution in [3.05, 3.63) is 61.6 Å². The highest BCUT2D eigenvalue weighted by Crippen LogP contribution is 2.41. The van der Waals surface area contributed by atoms with E-state index in [1.165, 1.54) is 25.0 Å². The van der Waals surface area contributed by atoms with Gasteiger partial charge in [0.1, 0.15) is 12.0 Å². The second kappa shape index (κ2) is 7.70. The third-order valence-corrected chi connectivity index (χ3v) is 5.79. The average molecular weight is 421 g/mol. The highest BCUT2D eigenvalue weighted by Gasteiger charge is 2.32. The molecule has 1 aliphatic heterocycles. The first-order valence-electron chi connectivity index (χ1n) is 9.09. The number of hydrogen-bond acceptors (Lipinski definition) is 5. The maximum atomic E-state index is 11.7. The lowest BCUT2D eigenvalue weighted by Gasteiger charge is -2.34. The maximum Gasteiger partial charge on any atom is 0.272 e. The number of nitrogens with zero attached hydrogens (tertiary/aromatic N) is 2. The summed E-state index contributed by atoms with van der Waals surface area (Å²) in [5, 5.41) is 11.0. The van der Waals surface area contributed by atoms with Crippen molar-refractivity contribution >= 4 is 35.2 Å². The van der Waals surface area contributed by atoms with Crippen molar-refractivity contribution in [2.24, 2.45) is 5.92 Å². The van der Waals surface area contributed by atoms with E-state index >= 15 is 0 Å². The molecule has 0 amide bonds. The lowest BCUT2D eigenvalue weighted by molar-refractivity contribution is -0.384. The molecule has 0 spiro atoms. The van der Waals surface area contributed by atoms with E-state index in [1.54, 1.807) is 6.07 Å². The number of hydrogen-bond donors (Lipinski definition) is 0. The molecule has 6 nitrogen and oxygen atoms in total. The van der Waals surface area contributed by atoms with Crippen LogP contribution in [0, 0.1) is 16.0 Å². The molecule has 8 heteroatoms. The maximum absolute atomic E-state index is 11.7. The van der Waals surface area contributed by atoms with Gasteiger partial charge < -0.3 is 9.53 Å². The van der Waals surface area contributed by atoms with Gasteiger partial charge in [-0.1, -0.05) is 29.3 Å². The van der Waals surface area contributed by atoms with Gasteiger partial charge in [-0.2, -0.15) is 0 Å². The van der Waals surface area contributed by atoms with E-state index in [4.69, 9.17) is 27.9 Å². The van der Waals surface area contributed by atoms with Crippen molar-refractivity contribution in [1.82, 2.24) is 4.90 Å². The van der Waals surface area contributed by atoms with Crippen molar-refractivity contribution in [1.29, 1.82) is 0 Å². The minimum atomic E-state index is -0.562. The zero-order valence-electron chi connectivity index (χ0n) is 14.9. The smallest absolute Gasteiger partial charge is 0.272 e. The zero-order chi connectivity index (χ0) is 19.8. The molecule has 28 heavy (non-hydrogen) atoms. The number of carbonyl (C=O) groups is 1. The molecule has 0 radical (unpaired) electrons. The number of carbonyl (C=O) groups excluding carboxylic acids is 1. The van der Waals surface area contributed by atoms with Gasteiger partial charge in [0, 0.05) is 25.2 Å². The summed E-state index contributed by atoms with van der Waals surface area (Å²) in [4.78, 5) is 24.3. The van der Waals surface area contributed by atoms with Crippen LogP contribution in [-0.4, -0.2) is 29.2 Å². The quantitative estimate of drug-likeness (QED) is 0.364. The van der Waals surface area contributed by atoms with E-state index in [0.717, 1.165) is 42.8 Å². The lowest BCUT2D eigenvalue weighted by Crippen LogP contribution is -2.37. The van der Waals surface area contributed by atoms with Crippen molar-refractivity contribution in [2.75, 3.05) is 13.1 Å². The standard InChI is InChI=1S/C20H18Cl2N2O4/c21-17-8-14(24(26)27)9-18(22)20(17)28-15-3-4-16-13(7-15)5-6-23(19(16)11-25)10-12-1-2-12/h3-4,7-9,11-12,19H,1-2,5-6,10H2. The fourth-order valence-electron chi connectivity index (χ4n) is 3.61. The van der Waals surface area contributed by atoms with E-state index in [2.05, 4.69) is 4.90 Å². The Balaban J connectivity index is 1.58. The summed E-state index contributed by atoms with van der Waals surface area (Å²) >= 11 is 12.2. The fourth-order valence-corrected chi connectivity index (χ4v) is 4.17. The topological polar surface area (TPSA) is 72.7 Å². The van der Waals surface area contributed by atoms with E-state index in [9.17, 15) is 14.9 Å². The van der Waals surface area contributed by atoms with Gasteiger partial charge in [0.25, 0.3) is 5.69 Å². The highest BCUT2D eigenvalue weighted by atomic mass is 35.5. The molecule has 146 valence electrons. The molecular weight excluding hydrogens is 403 g/mol. The van der Waals surface area contributed by atoms with Crippen molar-refractivity contribution in [3.63, 3.8) is 0 Å². The summed E-state index contributed by atoms with van der Waals surface area (Å²) in [7, 11) is 0. The molecule has 1 heterocycles. The van der Waals surface area contributed by atoms with Crippen LogP contribution < -0.4 is 4.74 Å².